The number of aromatic nitrogens is 3. The Morgan fingerprint density at radius 1 is 0.283 bits per heavy atom. The van der Waals surface area contributed by atoms with Gasteiger partial charge in [0.05, 0.1) is 0 Å². The van der Waals surface area contributed by atoms with Crippen LogP contribution in [0.4, 0.5) is 0 Å². The minimum Gasteiger partial charge on any atom is -0.208 e. The highest BCUT2D eigenvalue weighted by Crippen LogP contribution is 2.40. The molecule has 10 aromatic rings. The van der Waals surface area contributed by atoms with Crippen LogP contribution in [-0.4, -0.2) is 15.0 Å². The first kappa shape index (κ1) is 31.0. The van der Waals surface area contributed by atoms with Gasteiger partial charge in [-0.2, -0.15) is 0 Å². The second-order valence-corrected chi connectivity index (χ2v) is 14.3. The van der Waals surface area contributed by atoms with Crippen LogP contribution in [0.3, 0.4) is 0 Å². The molecular formula is C49H31N3S. The molecule has 0 aliphatic rings. The summed E-state index contributed by atoms with van der Waals surface area (Å²) in [6, 6.07) is 66.4. The van der Waals surface area contributed by atoms with Crippen molar-refractivity contribution in [3.8, 4) is 67.5 Å². The van der Waals surface area contributed by atoms with Gasteiger partial charge in [-0.25, -0.2) is 15.0 Å². The van der Waals surface area contributed by atoms with Crippen LogP contribution in [0.25, 0.3) is 98.5 Å². The summed E-state index contributed by atoms with van der Waals surface area (Å²) >= 11 is 1.81. The largest absolute Gasteiger partial charge is 0.208 e. The highest BCUT2D eigenvalue weighted by atomic mass is 32.1. The van der Waals surface area contributed by atoms with Crippen molar-refractivity contribution in [2.45, 2.75) is 0 Å². The maximum atomic E-state index is 5.19. The van der Waals surface area contributed by atoms with E-state index in [0.29, 0.717) is 17.5 Å². The number of benzene rings is 8. The number of rotatable bonds is 6. The van der Waals surface area contributed by atoms with Crippen molar-refractivity contribution in [1.82, 2.24) is 15.0 Å². The van der Waals surface area contributed by atoms with Gasteiger partial charge in [0, 0.05) is 36.9 Å². The lowest BCUT2D eigenvalue weighted by Gasteiger charge is -2.12. The van der Waals surface area contributed by atoms with Crippen molar-refractivity contribution in [3.63, 3.8) is 0 Å². The van der Waals surface area contributed by atoms with E-state index in [0.717, 1.165) is 38.9 Å². The summed E-state index contributed by atoms with van der Waals surface area (Å²) in [6.45, 7) is 0. The highest BCUT2D eigenvalue weighted by molar-refractivity contribution is 7.25. The number of fused-ring (bicyclic) bond motifs is 4. The minimum atomic E-state index is 0.639. The lowest BCUT2D eigenvalue weighted by atomic mass is 9.96. The molecule has 10 rings (SSSR count). The van der Waals surface area contributed by atoms with Crippen LogP contribution in [0.15, 0.2) is 188 Å². The first-order chi connectivity index (χ1) is 26.2. The van der Waals surface area contributed by atoms with Crippen LogP contribution in [0.5, 0.6) is 0 Å². The molecule has 248 valence electrons. The molecule has 0 radical (unpaired) electrons. The molecular weight excluding hydrogens is 663 g/mol. The average Bonchev–Trinajstić information content (AvgIpc) is 3.61. The lowest BCUT2D eigenvalue weighted by Crippen LogP contribution is -2.00. The van der Waals surface area contributed by atoms with E-state index in [4.69, 9.17) is 15.0 Å². The van der Waals surface area contributed by atoms with Crippen LogP contribution in [0, 0.1) is 0 Å². The predicted octanol–water partition coefficient (Wildman–Crippen LogP) is 13.4. The second-order valence-electron chi connectivity index (χ2n) is 13.3. The SMILES string of the molecule is c1ccc(-c2cc(-c3ccccc3)cc(-c3nc(-c4ccccc4)nc(-c4ccc5c(c4)sc4ccc(-c6cccc7ccccc67)cc45)n3)c2)cc1. The van der Waals surface area contributed by atoms with Gasteiger partial charge in [-0.1, -0.05) is 152 Å². The van der Waals surface area contributed by atoms with E-state index in [9.17, 15) is 0 Å². The third-order valence-electron chi connectivity index (χ3n) is 9.90. The van der Waals surface area contributed by atoms with E-state index in [1.54, 1.807) is 0 Å². The number of hydrogen-bond donors (Lipinski definition) is 0. The van der Waals surface area contributed by atoms with Crippen LogP contribution >= 0.6 is 11.3 Å². The first-order valence-electron chi connectivity index (χ1n) is 17.8. The fourth-order valence-corrected chi connectivity index (χ4v) is 8.39. The maximum Gasteiger partial charge on any atom is 0.164 e. The number of nitrogens with zero attached hydrogens (tertiary/aromatic N) is 3. The van der Waals surface area contributed by atoms with Crippen molar-refractivity contribution < 1.29 is 0 Å². The standard InChI is InChI=1S/C49H31N3S/c1-4-13-32(14-5-1)38-27-39(33-15-6-2-7-16-33)29-40(28-38)49-51-47(35-18-8-3-9-19-35)50-48(52-49)37-23-25-43-44-30-36(24-26-45(44)53-46(43)31-37)42-22-12-20-34-17-10-11-21-41(34)42/h1-31H. The first-order valence-corrected chi connectivity index (χ1v) is 18.6. The Kier molecular flexibility index (Phi) is 7.67. The summed E-state index contributed by atoms with van der Waals surface area (Å²) in [5, 5.41) is 5.01. The number of thiophene rings is 1. The van der Waals surface area contributed by atoms with Crippen LogP contribution < -0.4 is 0 Å². The molecule has 2 aromatic heterocycles. The molecule has 0 bridgehead atoms. The molecule has 2 heterocycles. The molecule has 0 unspecified atom stereocenters. The van der Waals surface area contributed by atoms with Crippen molar-refractivity contribution in [3.05, 3.63) is 188 Å². The minimum absolute atomic E-state index is 0.639. The maximum absolute atomic E-state index is 5.19. The molecule has 0 atom stereocenters. The Labute approximate surface area is 311 Å². The van der Waals surface area contributed by atoms with Crippen LogP contribution in [0.1, 0.15) is 0 Å². The third kappa shape index (κ3) is 5.85. The molecule has 0 amide bonds. The topological polar surface area (TPSA) is 38.7 Å². The Hall–Kier alpha value is -6.75. The Balaban J connectivity index is 1.12. The molecule has 0 aliphatic carbocycles. The normalized spacial score (nSPS) is 11.4. The summed E-state index contributed by atoms with van der Waals surface area (Å²) < 4.78 is 2.46. The van der Waals surface area contributed by atoms with Gasteiger partial charge in [-0.3, -0.25) is 0 Å². The van der Waals surface area contributed by atoms with E-state index in [1.807, 2.05) is 41.7 Å². The molecule has 0 saturated heterocycles. The van der Waals surface area contributed by atoms with Gasteiger partial charge in [-0.05, 0) is 80.6 Å². The molecule has 0 fully saturated rings. The van der Waals surface area contributed by atoms with Crippen molar-refractivity contribution in [2.75, 3.05) is 0 Å². The van der Waals surface area contributed by atoms with Crippen molar-refractivity contribution >= 4 is 42.3 Å². The Morgan fingerprint density at radius 3 is 1.53 bits per heavy atom. The van der Waals surface area contributed by atoms with Crippen LogP contribution in [-0.2, 0) is 0 Å². The zero-order valence-electron chi connectivity index (χ0n) is 28.6. The van der Waals surface area contributed by atoms with Gasteiger partial charge in [0.1, 0.15) is 0 Å². The van der Waals surface area contributed by atoms with Gasteiger partial charge in [0.15, 0.2) is 17.5 Å². The fraction of sp³-hybridized carbons (Fsp3) is 0. The molecule has 0 N–H and O–H groups in total. The molecule has 4 heteroatoms. The zero-order valence-corrected chi connectivity index (χ0v) is 29.5. The summed E-state index contributed by atoms with van der Waals surface area (Å²) in [7, 11) is 0. The highest BCUT2D eigenvalue weighted by Gasteiger charge is 2.16. The van der Waals surface area contributed by atoms with E-state index in [2.05, 4.69) is 158 Å². The van der Waals surface area contributed by atoms with Gasteiger partial charge in [-0.15, -0.1) is 11.3 Å². The quantitative estimate of drug-likeness (QED) is 0.174. The summed E-state index contributed by atoms with van der Waals surface area (Å²) in [6.07, 6.45) is 0. The fourth-order valence-electron chi connectivity index (χ4n) is 7.26. The van der Waals surface area contributed by atoms with Gasteiger partial charge >= 0.3 is 0 Å². The smallest absolute Gasteiger partial charge is 0.164 e. The molecule has 8 aromatic carbocycles. The van der Waals surface area contributed by atoms with Gasteiger partial charge in [0.2, 0.25) is 0 Å². The van der Waals surface area contributed by atoms with Gasteiger partial charge in [0.25, 0.3) is 0 Å². The monoisotopic (exact) mass is 693 g/mol. The van der Waals surface area contributed by atoms with Crippen LogP contribution in [0.2, 0.25) is 0 Å². The van der Waals surface area contributed by atoms with Gasteiger partial charge < -0.3 is 0 Å². The van der Waals surface area contributed by atoms with Crippen molar-refractivity contribution in [2.24, 2.45) is 0 Å². The summed E-state index contributed by atoms with van der Waals surface area (Å²) in [4.78, 5) is 15.4. The summed E-state index contributed by atoms with van der Waals surface area (Å²) in [5.41, 5.74) is 9.82. The van der Waals surface area contributed by atoms with E-state index >= 15 is 0 Å². The third-order valence-corrected chi connectivity index (χ3v) is 11.0. The van der Waals surface area contributed by atoms with E-state index in [-0.39, 0.29) is 0 Å². The van der Waals surface area contributed by atoms with E-state index < -0.39 is 0 Å². The molecule has 53 heavy (non-hydrogen) atoms. The Morgan fingerprint density at radius 2 is 0.830 bits per heavy atom. The second kappa shape index (κ2) is 13.1. The molecule has 0 spiro atoms. The zero-order chi connectivity index (χ0) is 35.1. The lowest BCUT2D eigenvalue weighted by molar-refractivity contribution is 1.07. The summed E-state index contributed by atoms with van der Waals surface area (Å²) in [5.74, 6) is 1.93. The molecule has 3 nitrogen and oxygen atoms in total. The van der Waals surface area contributed by atoms with Crippen molar-refractivity contribution in [1.29, 1.82) is 0 Å². The molecule has 0 aliphatic heterocycles. The predicted molar refractivity (Wildman–Crippen MR) is 223 cm³/mol. The number of hydrogen-bond acceptors (Lipinski definition) is 4. The molecule has 0 saturated carbocycles. The Bertz CT molecular complexity index is 2870. The van der Waals surface area contributed by atoms with E-state index in [1.165, 1.54) is 42.1 Å². The average molecular weight is 694 g/mol.